The molecule has 12 heteroatoms. The van der Waals surface area contributed by atoms with Gasteiger partial charge in [-0.2, -0.15) is 0 Å². The molecular weight excluding hydrogens is 575 g/mol. The van der Waals surface area contributed by atoms with E-state index < -0.39 is 17.2 Å². The van der Waals surface area contributed by atoms with Crippen LogP contribution < -0.4 is 10.2 Å². The number of benzene rings is 1. The van der Waals surface area contributed by atoms with E-state index in [4.69, 9.17) is 16.3 Å². The minimum absolute atomic E-state index is 0.00651. The fourth-order valence-corrected chi connectivity index (χ4v) is 5.08. The second-order valence-corrected chi connectivity index (χ2v) is 11.9. The lowest BCUT2D eigenvalue weighted by Crippen LogP contribution is -2.42. The topological polar surface area (TPSA) is 121 Å². The van der Waals surface area contributed by atoms with Crippen LogP contribution in [-0.2, 0) is 4.74 Å². The van der Waals surface area contributed by atoms with E-state index in [1.807, 2.05) is 32.9 Å². The molecule has 1 saturated heterocycles. The standard InChI is InChI=1S/C31H32ClFN6O4/c1-17(40)21-15-34-25-8-7-24(18-12-22(32)29(41)23(33)13-18)37-28(25)27(21)36-19-6-9-26(35-14-19)39-11-10-20(16-39)38(5)30(42)43-31(2,3)4/h6-9,12-15,20,41H,10-11,16H2,1-5H3,(H,34,36). The number of fused-ring (bicyclic) bond motifs is 1. The summed E-state index contributed by atoms with van der Waals surface area (Å²) >= 11 is 5.99. The van der Waals surface area contributed by atoms with Crippen LogP contribution in [0.2, 0.25) is 5.02 Å². The first kappa shape index (κ1) is 30.0. The molecule has 0 spiro atoms. The van der Waals surface area contributed by atoms with Gasteiger partial charge in [-0.3, -0.25) is 9.78 Å². The fraction of sp³-hybridized carbons (Fsp3) is 0.323. The van der Waals surface area contributed by atoms with Crippen molar-refractivity contribution in [1.29, 1.82) is 0 Å². The van der Waals surface area contributed by atoms with Crippen LogP contribution >= 0.6 is 11.6 Å². The Morgan fingerprint density at radius 3 is 2.58 bits per heavy atom. The average molecular weight is 607 g/mol. The highest BCUT2D eigenvalue weighted by Gasteiger charge is 2.31. The number of halogens is 2. The lowest BCUT2D eigenvalue weighted by Gasteiger charge is -2.28. The molecule has 1 unspecified atom stereocenters. The van der Waals surface area contributed by atoms with Gasteiger partial charge < -0.3 is 25.0 Å². The molecule has 0 bridgehead atoms. The van der Waals surface area contributed by atoms with Crippen molar-refractivity contribution in [3.63, 3.8) is 0 Å². The van der Waals surface area contributed by atoms with Crippen LogP contribution in [-0.4, -0.2) is 68.6 Å². The van der Waals surface area contributed by atoms with Gasteiger partial charge in [0.1, 0.15) is 16.9 Å². The molecule has 43 heavy (non-hydrogen) atoms. The molecule has 3 aromatic heterocycles. The number of phenolic OH excluding ortho intramolecular Hbond substituents is 1. The Balaban J connectivity index is 1.39. The van der Waals surface area contributed by atoms with Crippen LogP contribution in [0.5, 0.6) is 5.75 Å². The van der Waals surface area contributed by atoms with Crippen LogP contribution in [0.4, 0.5) is 26.4 Å². The van der Waals surface area contributed by atoms with Crippen molar-refractivity contribution in [3.05, 3.63) is 65.2 Å². The van der Waals surface area contributed by atoms with Crippen molar-refractivity contribution in [1.82, 2.24) is 19.9 Å². The monoisotopic (exact) mass is 606 g/mol. The summed E-state index contributed by atoms with van der Waals surface area (Å²) in [7, 11) is 1.75. The molecule has 5 rings (SSSR count). The molecule has 0 saturated carbocycles. The third-order valence-electron chi connectivity index (χ3n) is 7.14. The minimum atomic E-state index is -0.870. The Bertz CT molecular complexity index is 1690. The predicted octanol–water partition coefficient (Wildman–Crippen LogP) is 6.58. The Labute approximate surface area is 253 Å². The van der Waals surface area contributed by atoms with E-state index in [-0.39, 0.29) is 22.9 Å². The highest BCUT2D eigenvalue weighted by molar-refractivity contribution is 6.32. The van der Waals surface area contributed by atoms with E-state index in [0.29, 0.717) is 45.8 Å². The van der Waals surface area contributed by atoms with Crippen LogP contribution in [0.25, 0.3) is 22.3 Å². The molecule has 4 aromatic rings. The number of carbonyl (C=O) groups excluding carboxylic acids is 2. The van der Waals surface area contributed by atoms with Gasteiger partial charge in [-0.15, -0.1) is 0 Å². The number of likely N-dealkylation sites (N-methyl/N-ethyl adjacent to an activating group) is 1. The molecule has 0 aliphatic carbocycles. The lowest BCUT2D eigenvalue weighted by molar-refractivity contribution is 0.0237. The van der Waals surface area contributed by atoms with Crippen LogP contribution in [0, 0.1) is 5.82 Å². The number of Topliss-reactive ketones (excluding diaryl/α,β-unsaturated/α-hetero) is 1. The molecule has 1 atom stereocenters. The third-order valence-corrected chi connectivity index (χ3v) is 7.43. The van der Waals surface area contributed by atoms with Crippen LogP contribution in [0.1, 0.15) is 44.5 Å². The largest absolute Gasteiger partial charge is 0.504 e. The number of phenols is 1. The second-order valence-electron chi connectivity index (χ2n) is 11.5. The number of ketones is 1. The number of ether oxygens (including phenoxy) is 1. The third kappa shape index (κ3) is 6.46. The van der Waals surface area contributed by atoms with E-state index in [1.54, 1.807) is 30.3 Å². The van der Waals surface area contributed by atoms with Crippen molar-refractivity contribution < 1.29 is 23.8 Å². The average Bonchev–Trinajstić information content (AvgIpc) is 3.45. The Kier molecular flexibility index (Phi) is 8.11. The second kappa shape index (κ2) is 11.6. The summed E-state index contributed by atoms with van der Waals surface area (Å²) in [6.07, 6.45) is 3.58. The summed E-state index contributed by atoms with van der Waals surface area (Å²) in [6, 6.07) is 9.65. The summed E-state index contributed by atoms with van der Waals surface area (Å²) in [6.45, 7) is 8.31. The zero-order valence-corrected chi connectivity index (χ0v) is 25.2. The number of nitrogens with one attached hydrogen (secondary N) is 1. The molecule has 1 aliphatic rings. The lowest BCUT2D eigenvalue weighted by atomic mass is 10.1. The highest BCUT2D eigenvalue weighted by Crippen LogP contribution is 2.34. The number of anilines is 3. The zero-order valence-electron chi connectivity index (χ0n) is 24.5. The van der Waals surface area contributed by atoms with Gasteiger partial charge in [0.2, 0.25) is 0 Å². The van der Waals surface area contributed by atoms with Gasteiger partial charge in [-0.1, -0.05) is 11.6 Å². The molecule has 1 fully saturated rings. The van der Waals surface area contributed by atoms with Gasteiger partial charge in [0.15, 0.2) is 17.3 Å². The molecule has 0 radical (unpaired) electrons. The Morgan fingerprint density at radius 1 is 1.16 bits per heavy atom. The molecule has 4 heterocycles. The fourth-order valence-electron chi connectivity index (χ4n) is 4.87. The number of amides is 1. The van der Waals surface area contributed by atoms with Gasteiger partial charge in [0, 0.05) is 31.9 Å². The van der Waals surface area contributed by atoms with E-state index in [9.17, 15) is 19.1 Å². The van der Waals surface area contributed by atoms with Gasteiger partial charge in [0.05, 0.1) is 45.4 Å². The Morgan fingerprint density at radius 2 is 1.93 bits per heavy atom. The summed E-state index contributed by atoms with van der Waals surface area (Å²) in [5.41, 5.74) is 2.45. The van der Waals surface area contributed by atoms with Gasteiger partial charge >= 0.3 is 6.09 Å². The van der Waals surface area contributed by atoms with Crippen LogP contribution in [0.15, 0.2) is 48.8 Å². The quantitative estimate of drug-likeness (QED) is 0.234. The summed E-state index contributed by atoms with van der Waals surface area (Å²) in [5.74, 6) is -0.969. The van der Waals surface area contributed by atoms with Crippen molar-refractivity contribution in [3.8, 4) is 17.0 Å². The summed E-state index contributed by atoms with van der Waals surface area (Å²) < 4.78 is 19.7. The molecule has 2 N–H and O–H groups in total. The van der Waals surface area contributed by atoms with Crippen molar-refractivity contribution in [2.75, 3.05) is 30.4 Å². The predicted molar refractivity (Wildman–Crippen MR) is 164 cm³/mol. The van der Waals surface area contributed by atoms with Crippen molar-refractivity contribution in [2.45, 2.75) is 45.8 Å². The maximum atomic E-state index is 14.2. The number of hydrogen-bond donors (Lipinski definition) is 2. The maximum absolute atomic E-state index is 14.2. The molecular formula is C31H32ClFN6O4. The molecule has 1 amide bonds. The van der Waals surface area contributed by atoms with Crippen LogP contribution in [0.3, 0.4) is 0 Å². The van der Waals surface area contributed by atoms with E-state index in [1.165, 1.54) is 19.2 Å². The van der Waals surface area contributed by atoms with Gasteiger partial charge in [0.25, 0.3) is 0 Å². The number of carbonyl (C=O) groups is 2. The minimum Gasteiger partial charge on any atom is -0.504 e. The molecule has 224 valence electrons. The number of rotatable bonds is 6. The normalized spacial score (nSPS) is 15.0. The first-order valence-corrected chi connectivity index (χ1v) is 14.1. The van der Waals surface area contributed by atoms with E-state index in [2.05, 4.69) is 25.2 Å². The maximum Gasteiger partial charge on any atom is 0.410 e. The number of nitrogens with zero attached hydrogens (tertiary/aromatic N) is 5. The van der Waals surface area contributed by atoms with E-state index >= 15 is 0 Å². The van der Waals surface area contributed by atoms with E-state index in [0.717, 1.165) is 24.8 Å². The van der Waals surface area contributed by atoms with Gasteiger partial charge in [-0.25, -0.2) is 19.2 Å². The smallest absolute Gasteiger partial charge is 0.410 e. The summed E-state index contributed by atoms with van der Waals surface area (Å²) in [4.78, 5) is 42.5. The Hall–Kier alpha value is -4.51. The number of pyridine rings is 3. The highest BCUT2D eigenvalue weighted by atomic mass is 35.5. The summed E-state index contributed by atoms with van der Waals surface area (Å²) in [5, 5.41) is 12.9. The number of aromatic nitrogens is 3. The first-order chi connectivity index (χ1) is 20.3. The zero-order chi connectivity index (χ0) is 31.1. The SMILES string of the molecule is CC(=O)c1cnc2ccc(-c3cc(F)c(O)c(Cl)c3)nc2c1Nc1ccc(N2CCC(N(C)C(=O)OC(C)(C)C)C2)nc1. The first-order valence-electron chi connectivity index (χ1n) is 13.7. The number of hydrogen-bond acceptors (Lipinski definition) is 9. The molecule has 10 nitrogen and oxygen atoms in total. The van der Waals surface area contributed by atoms with Gasteiger partial charge in [-0.05, 0) is 70.5 Å². The number of aromatic hydroxyl groups is 1. The van der Waals surface area contributed by atoms with Crippen molar-refractivity contribution >= 4 is 51.7 Å². The molecule has 1 aliphatic heterocycles. The molecule has 1 aromatic carbocycles. The van der Waals surface area contributed by atoms with Crippen molar-refractivity contribution in [2.24, 2.45) is 0 Å².